The molecule has 0 amide bonds. The molecule has 0 unspecified atom stereocenters. The van der Waals surface area contributed by atoms with E-state index in [1.165, 1.54) is 0 Å². The second-order valence-corrected chi connectivity index (χ2v) is 4.52. The molecule has 0 fully saturated rings. The Morgan fingerprint density at radius 3 is 2.79 bits per heavy atom. The van der Waals surface area contributed by atoms with Gasteiger partial charge in [0.2, 0.25) is 0 Å². The maximum Gasteiger partial charge on any atom is 0.315 e. The number of nitrogens with zero attached hydrogens (tertiary/aromatic N) is 1. The number of benzene rings is 1. The Morgan fingerprint density at radius 2 is 2.07 bits per heavy atom. The van der Waals surface area contributed by atoms with Gasteiger partial charge in [-0.05, 0) is 12.1 Å². The highest BCUT2D eigenvalue weighted by Crippen LogP contribution is 2.25. The van der Waals surface area contributed by atoms with Crippen molar-refractivity contribution in [2.75, 3.05) is 12.8 Å². The monoisotopic (exact) mass is 211 g/mol. The second kappa shape index (κ2) is 3.09. The number of rotatable bonds is 0. The van der Waals surface area contributed by atoms with E-state index in [1.807, 2.05) is 6.07 Å². The number of hydrogen-bond acceptors (Lipinski definition) is 4. The fourth-order valence-electron chi connectivity index (χ4n) is 1.37. The summed E-state index contributed by atoms with van der Waals surface area (Å²) in [4.78, 5) is 3.94. The first-order valence-electron chi connectivity index (χ1n) is 4.09. The lowest BCUT2D eigenvalue weighted by Crippen LogP contribution is -2.27. The van der Waals surface area contributed by atoms with Crippen molar-refractivity contribution in [3.05, 3.63) is 29.8 Å². The van der Waals surface area contributed by atoms with Gasteiger partial charge in [-0.3, -0.25) is 4.99 Å². The van der Waals surface area contributed by atoms with Gasteiger partial charge >= 0.3 is 10.1 Å². The molecule has 2 rings (SSSR count). The molecule has 0 bridgehead atoms. The van der Waals surface area contributed by atoms with Gasteiger partial charge in [-0.15, -0.1) is 0 Å². The van der Waals surface area contributed by atoms with Gasteiger partial charge in [-0.1, -0.05) is 12.1 Å². The quantitative estimate of drug-likeness (QED) is 0.597. The predicted octanol–water partition coefficient (Wildman–Crippen LogP) is 0.828. The fraction of sp³-hybridized carbons (Fsp3) is 0.222. The zero-order valence-corrected chi connectivity index (χ0v) is 8.41. The van der Waals surface area contributed by atoms with Crippen molar-refractivity contribution in [1.82, 2.24) is 0 Å². The molecule has 1 aromatic carbocycles. The third kappa shape index (κ3) is 1.50. The average molecular weight is 211 g/mol. The van der Waals surface area contributed by atoms with Gasteiger partial charge < -0.3 is 4.18 Å². The lowest BCUT2D eigenvalue weighted by Gasteiger charge is -2.17. The molecule has 14 heavy (non-hydrogen) atoms. The van der Waals surface area contributed by atoms with Crippen molar-refractivity contribution >= 4 is 15.8 Å². The van der Waals surface area contributed by atoms with Crippen LogP contribution in [-0.2, 0) is 10.1 Å². The van der Waals surface area contributed by atoms with Crippen LogP contribution >= 0.6 is 0 Å². The van der Waals surface area contributed by atoms with Crippen LogP contribution in [0.5, 0.6) is 5.75 Å². The minimum absolute atomic E-state index is 0.152. The summed E-state index contributed by atoms with van der Waals surface area (Å²) >= 11 is 0. The van der Waals surface area contributed by atoms with E-state index >= 15 is 0 Å². The molecule has 1 heterocycles. The molecular weight excluding hydrogens is 202 g/mol. The van der Waals surface area contributed by atoms with E-state index in [4.69, 9.17) is 4.18 Å². The van der Waals surface area contributed by atoms with Gasteiger partial charge in [0, 0.05) is 12.6 Å². The smallest absolute Gasteiger partial charge is 0.315 e. The Bertz CT molecular complexity index is 491. The Balaban J connectivity index is 2.63. The van der Waals surface area contributed by atoms with Crippen LogP contribution in [0.1, 0.15) is 5.56 Å². The molecule has 1 aromatic rings. The third-order valence-electron chi connectivity index (χ3n) is 2.00. The van der Waals surface area contributed by atoms with Gasteiger partial charge in [-0.25, -0.2) is 0 Å². The molecule has 0 spiro atoms. The van der Waals surface area contributed by atoms with Gasteiger partial charge in [-0.2, -0.15) is 8.42 Å². The molecule has 0 radical (unpaired) electrons. The maximum absolute atomic E-state index is 11.3. The summed E-state index contributed by atoms with van der Waals surface area (Å²) in [6.45, 7) is 0. The molecule has 0 atom stereocenters. The molecule has 0 aromatic heterocycles. The van der Waals surface area contributed by atoms with Crippen LogP contribution in [-0.4, -0.2) is 26.9 Å². The molecule has 0 N–H and O–H groups in total. The zero-order chi connectivity index (χ0) is 10.2. The van der Waals surface area contributed by atoms with Crippen molar-refractivity contribution in [3.63, 3.8) is 0 Å². The fourth-order valence-corrected chi connectivity index (χ4v) is 2.47. The molecule has 4 nitrogen and oxygen atoms in total. The second-order valence-electron chi connectivity index (χ2n) is 2.95. The summed E-state index contributed by atoms with van der Waals surface area (Å²) in [6.07, 6.45) is 0. The SMILES string of the molecule is CN=C1CS(=O)(=O)Oc2ccccc21. The highest BCUT2D eigenvalue weighted by molar-refractivity contribution is 7.88. The minimum atomic E-state index is -3.49. The van der Waals surface area contributed by atoms with E-state index in [9.17, 15) is 8.42 Å². The first-order chi connectivity index (χ1) is 6.62. The van der Waals surface area contributed by atoms with Crippen LogP contribution in [0.3, 0.4) is 0 Å². The summed E-state index contributed by atoms with van der Waals surface area (Å²) in [5.41, 5.74) is 1.30. The Kier molecular flexibility index (Phi) is 2.03. The number of aliphatic imine (C=N–C) groups is 1. The summed E-state index contributed by atoms with van der Waals surface area (Å²) < 4.78 is 27.4. The lowest BCUT2D eigenvalue weighted by molar-refractivity contribution is 0.486. The van der Waals surface area contributed by atoms with E-state index in [0.717, 1.165) is 5.56 Å². The van der Waals surface area contributed by atoms with Crippen molar-refractivity contribution in [1.29, 1.82) is 0 Å². The molecule has 0 aliphatic carbocycles. The maximum atomic E-state index is 11.3. The van der Waals surface area contributed by atoms with Crippen LogP contribution in [0, 0.1) is 0 Å². The Morgan fingerprint density at radius 1 is 1.36 bits per heavy atom. The van der Waals surface area contributed by atoms with Crippen molar-refractivity contribution < 1.29 is 12.6 Å². The zero-order valence-electron chi connectivity index (χ0n) is 7.60. The van der Waals surface area contributed by atoms with E-state index in [-0.39, 0.29) is 5.75 Å². The molecule has 0 saturated carbocycles. The molecule has 0 saturated heterocycles. The van der Waals surface area contributed by atoms with Crippen LogP contribution < -0.4 is 4.18 Å². The van der Waals surface area contributed by atoms with Gasteiger partial charge in [0.25, 0.3) is 0 Å². The van der Waals surface area contributed by atoms with Crippen molar-refractivity contribution in [2.24, 2.45) is 4.99 Å². The molecule has 1 aliphatic heterocycles. The minimum Gasteiger partial charge on any atom is -0.381 e. The van der Waals surface area contributed by atoms with Crippen molar-refractivity contribution in [3.8, 4) is 5.75 Å². The summed E-state index contributed by atoms with van der Waals surface area (Å²) in [7, 11) is -1.91. The van der Waals surface area contributed by atoms with E-state index in [0.29, 0.717) is 11.5 Å². The Hall–Kier alpha value is -1.36. The van der Waals surface area contributed by atoms with Crippen molar-refractivity contribution in [2.45, 2.75) is 0 Å². The first kappa shape index (κ1) is 9.21. The largest absolute Gasteiger partial charge is 0.381 e. The lowest BCUT2D eigenvalue weighted by atomic mass is 10.1. The van der Waals surface area contributed by atoms with E-state index < -0.39 is 10.1 Å². The van der Waals surface area contributed by atoms with Gasteiger partial charge in [0.05, 0.1) is 5.71 Å². The number of fused-ring (bicyclic) bond motifs is 1. The average Bonchev–Trinajstić information content (AvgIpc) is 2.15. The highest BCUT2D eigenvalue weighted by atomic mass is 32.2. The standard InChI is InChI=1S/C9H9NO3S/c1-10-8-6-14(11,12)13-9-5-3-2-4-7(8)9/h2-5H,6H2,1H3. The summed E-state index contributed by atoms with van der Waals surface area (Å²) in [5, 5.41) is 0. The van der Waals surface area contributed by atoms with Crippen LogP contribution in [0.2, 0.25) is 0 Å². The summed E-state index contributed by atoms with van der Waals surface area (Å²) in [5.74, 6) is 0.208. The number of para-hydroxylation sites is 1. The molecule has 74 valence electrons. The van der Waals surface area contributed by atoms with Crippen LogP contribution in [0.25, 0.3) is 0 Å². The van der Waals surface area contributed by atoms with Gasteiger partial charge in [0.15, 0.2) is 5.75 Å². The third-order valence-corrected chi connectivity index (χ3v) is 3.06. The predicted molar refractivity (Wildman–Crippen MR) is 53.3 cm³/mol. The number of hydrogen-bond donors (Lipinski definition) is 0. The molecule has 1 aliphatic rings. The van der Waals surface area contributed by atoms with Crippen LogP contribution in [0.15, 0.2) is 29.3 Å². The van der Waals surface area contributed by atoms with E-state index in [1.54, 1.807) is 25.2 Å². The first-order valence-corrected chi connectivity index (χ1v) is 5.67. The van der Waals surface area contributed by atoms with E-state index in [2.05, 4.69) is 4.99 Å². The molecule has 5 heteroatoms. The topological polar surface area (TPSA) is 55.7 Å². The van der Waals surface area contributed by atoms with Gasteiger partial charge in [0.1, 0.15) is 5.75 Å². The Labute approximate surface area is 82.4 Å². The van der Waals surface area contributed by atoms with Crippen LogP contribution in [0.4, 0.5) is 0 Å². The molecular formula is C9H9NO3S. The summed E-state index contributed by atoms with van der Waals surface area (Å²) in [6, 6.07) is 6.97. The highest BCUT2D eigenvalue weighted by Gasteiger charge is 2.26. The normalized spacial score (nSPS) is 21.4.